The fraction of sp³-hybridized carbons (Fsp3) is 0.312. The van der Waals surface area contributed by atoms with Gasteiger partial charge in [-0.25, -0.2) is 13.2 Å². The third kappa shape index (κ3) is 2.82. The molecule has 1 saturated heterocycles. The van der Waals surface area contributed by atoms with Gasteiger partial charge in [-0.3, -0.25) is 0 Å². The molecule has 0 radical (unpaired) electrons. The van der Waals surface area contributed by atoms with Gasteiger partial charge in [0.2, 0.25) is 10.0 Å². The summed E-state index contributed by atoms with van der Waals surface area (Å²) in [5, 5.41) is 13.6. The number of aliphatic hydroxyl groups is 1. The highest BCUT2D eigenvalue weighted by molar-refractivity contribution is 7.89. The second-order valence-corrected chi connectivity index (χ2v) is 8.93. The number of H-pyrrole nitrogens is 2. The van der Waals surface area contributed by atoms with Gasteiger partial charge in [-0.2, -0.15) is 15.6 Å². The van der Waals surface area contributed by atoms with Crippen LogP contribution >= 0.6 is 11.3 Å². The first-order chi connectivity index (χ1) is 12.0. The number of aromatic nitrogens is 2. The van der Waals surface area contributed by atoms with E-state index in [1.807, 2.05) is 16.8 Å². The van der Waals surface area contributed by atoms with Gasteiger partial charge in [-0.15, -0.1) is 0 Å². The predicted octanol–water partition coefficient (Wildman–Crippen LogP) is 1.31. The lowest BCUT2D eigenvalue weighted by Crippen LogP contribution is -2.29. The summed E-state index contributed by atoms with van der Waals surface area (Å²) in [7, 11) is -3.70. The molecule has 1 aliphatic heterocycles. The van der Waals surface area contributed by atoms with Crippen molar-refractivity contribution < 1.29 is 13.5 Å². The Kier molecular flexibility index (Phi) is 4.03. The number of rotatable bonds is 4. The minimum absolute atomic E-state index is 0.0122. The van der Waals surface area contributed by atoms with E-state index in [4.69, 9.17) is 0 Å². The Balaban J connectivity index is 1.68. The van der Waals surface area contributed by atoms with Crippen LogP contribution in [0.15, 0.2) is 44.7 Å². The smallest absolute Gasteiger partial charge is 0.323 e. The molecule has 3 aromatic rings. The maximum atomic E-state index is 13.0. The number of imidazole rings is 1. The highest BCUT2D eigenvalue weighted by Gasteiger charge is 2.39. The van der Waals surface area contributed by atoms with Gasteiger partial charge >= 0.3 is 5.69 Å². The molecule has 0 bridgehead atoms. The minimum atomic E-state index is -3.70. The van der Waals surface area contributed by atoms with Gasteiger partial charge in [-0.1, -0.05) is 0 Å². The van der Waals surface area contributed by atoms with Crippen molar-refractivity contribution in [2.24, 2.45) is 5.92 Å². The number of nitrogens with one attached hydrogen (secondary N) is 2. The van der Waals surface area contributed by atoms with Crippen LogP contribution in [0.3, 0.4) is 0 Å². The zero-order valence-electron chi connectivity index (χ0n) is 13.2. The van der Waals surface area contributed by atoms with Crippen LogP contribution in [0, 0.1) is 5.92 Å². The molecule has 1 aliphatic rings. The molecule has 132 valence electrons. The van der Waals surface area contributed by atoms with Crippen LogP contribution in [-0.4, -0.2) is 47.5 Å². The summed E-state index contributed by atoms with van der Waals surface area (Å²) in [6.45, 7) is 0.559. The third-order valence-corrected chi connectivity index (χ3v) is 7.27. The number of aromatic amines is 2. The van der Waals surface area contributed by atoms with Crippen LogP contribution in [0.25, 0.3) is 11.0 Å². The van der Waals surface area contributed by atoms with Crippen molar-refractivity contribution in [1.29, 1.82) is 0 Å². The number of aliphatic hydroxyl groups excluding tert-OH is 1. The summed E-state index contributed by atoms with van der Waals surface area (Å²) in [4.78, 5) is 16.7. The van der Waals surface area contributed by atoms with Crippen LogP contribution in [0.4, 0.5) is 0 Å². The van der Waals surface area contributed by atoms with Crippen LogP contribution in [0.1, 0.15) is 11.5 Å². The van der Waals surface area contributed by atoms with E-state index in [2.05, 4.69) is 9.97 Å². The number of benzene rings is 1. The van der Waals surface area contributed by atoms with Crippen molar-refractivity contribution in [3.8, 4) is 0 Å². The van der Waals surface area contributed by atoms with Crippen LogP contribution in [0.5, 0.6) is 0 Å². The van der Waals surface area contributed by atoms with Crippen LogP contribution < -0.4 is 5.69 Å². The van der Waals surface area contributed by atoms with E-state index in [9.17, 15) is 18.3 Å². The molecule has 7 nitrogen and oxygen atoms in total. The normalized spacial score (nSPS) is 22.0. The van der Waals surface area contributed by atoms with Crippen LogP contribution in [0.2, 0.25) is 0 Å². The lowest BCUT2D eigenvalue weighted by molar-refractivity contribution is 0.223. The van der Waals surface area contributed by atoms with Crippen LogP contribution in [-0.2, 0) is 10.0 Å². The molecule has 2 atom stereocenters. The zero-order valence-corrected chi connectivity index (χ0v) is 14.8. The second kappa shape index (κ2) is 6.10. The Morgan fingerprint density at radius 2 is 2.00 bits per heavy atom. The molecule has 2 aromatic heterocycles. The molecule has 0 unspecified atom stereocenters. The van der Waals surface area contributed by atoms with Gasteiger partial charge < -0.3 is 15.1 Å². The SMILES string of the molecule is O=c1[nH]c2ccc(S(=O)(=O)N3C[C@@H](CO)[C@@H](c4ccsc4)C3)cc2[nH]1. The van der Waals surface area contributed by atoms with Gasteiger partial charge in [0.25, 0.3) is 0 Å². The average molecular weight is 379 g/mol. The Morgan fingerprint density at radius 1 is 1.20 bits per heavy atom. The first-order valence-electron chi connectivity index (χ1n) is 7.84. The van der Waals surface area contributed by atoms with Gasteiger partial charge in [-0.05, 0) is 40.6 Å². The molecule has 0 aliphatic carbocycles. The van der Waals surface area contributed by atoms with E-state index in [0.29, 0.717) is 17.6 Å². The Hall–Kier alpha value is -1.94. The van der Waals surface area contributed by atoms with Gasteiger partial charge in [0.15, 0.2) is 0 Å². The third-order valence-electron chi connectivity index (χ3n) is 4.74. The number of hydrogen-bond donors (Lipinski definition) is 3. The molecule has 3 heterocycles. The molecule has 9 heteroatoms. The van der Waals surface area contributed by atoms with Crippen molar-refractivity contribution in [3.05, 3.63) is 51.1 Å². The minimum Gasteiger partial charge on any atom is -0.396 e. The molecule has 1 aromatic carbocycles. The predicted molar refractivity (Wildman–Crippen MR) is 95.3 cm³/mol. The zero-order chi connectivity index (χ0) is 17.6. The summed E-state index contributed by atoms with van der Waals surface area (Å²) >= 11 is 1.56. The largest absolute Gasteiger partial charge is 0.396 e. The van der Waals surface area contributed by atoms with Crippen molar-refractivity contribution in [2.75, 3.05) is 19.7 Å². The lowest BCUT2D eigenvalue weighted by Gasteiger charge is -2.16. The number of hydrogen-bond acceptors (Lipinski definition) is 5. The van der Waals surface area contributed by atoms with Crippen molar-refractivity contribution >= 4 is 32.4 Å². The molecule has 3 N–H and O–H groups in total. The second-order valence-electron chi connectivity index (χ2n) is 6.21. The highest BCUT2D eigenvalue weighted by atomic mass is 32.2. The Bertz CT molecular complexity index is 1050. The Morgan fingerprint density at radius 3 is 2.72 bits per heavy atom. The average Bonchev–Trinajstić information content (AvgIpc) is 3.31. The summed E-state index contributed by atoms with van der Waals surface area (Å²) in [6, 6.07) is 6.52. The molecule has 25 heavy (non-hydrogen) atoms. The van der Waals surface area contributed by atoms with Crippen molar-refractivity contribution in [2.45, 2.75) is 10.8 Å². The van der Waals surface area contributed by atoms with Gasteiger partial charge in [0, 0.05) is 31.5 Å². The molecule has 0 spiro atoms. The summed E-state index contributed by atoms with van der Waals surface area (Å²) in [5.74, 6) is -0.137. The number of fused-ring (bicyclic) bond motifs is 1. The standard InChI is InChI=1S/C16H17N3O4S2/c20-8-11-6-19(7-13(11)10-3-4-24-9-10)25(22,23)12-1-2-14-15(5-12)18-16(21)17-14/h1-5,9,11,13,20H,6-8H2,(H2,17,18,21)/t11-,13+/m0/s1. The van der Waals surface area contributed by atoms with E-state index >= 15 is 0 Å². The molecule has 1 fully saturated rings. The highest BCUT2D eigenvalue weighted by Crippen LogP contribution is 2.36. The van der Waals surface area contributed by atoms with E-state index in [1.165, 1.54) is 16.4 Å². The molecule has 4 rings (SSSR count). The van der Waals surface area contributed by atoms with E-state index in [0.717, 1.165) is 5.56 Å². The van der Waals surface area contributed by atoms with E-state index < -0.39 is 10.0 Å². The number of nitrogens with zero attached hydrogens (tertiary/aromatic N) is 1. The molecule has 0 amide bonds. The first-order valence-corrected chi connectivity index (χ1v) is 10.2. The molecule has 0 saturated carbocycles. The summed E-state index contributed by atoms with van der Waals surface area (Å²) in [5.41, 5.74) is 1.71. The lowest BCUT2D eigenvalue weighted by atomic mass is 9.92. The van der Waals surface area contributed by atoms with Crippen molar-refractivity contribution in [1.82, 2.24) is 14.3 Å². The first kappa shape index (κ1) is 16.5. The summed E-state index contributed by atoms with van der Waals surface area (Å²) < 4.78 is 27.4. The molecular weight excluding hydrogens is 362 g/mol. The van der Waals surface area contributed by atoms with Gasteiger partial charge in [0.05, 0.1) is 15.9 Å². The monoisotopic (exact) mass is 379 g/mol. The maximum absolute atomic E-state index is 13.0. The molecular formula is C16H17N3O4S2. The van der Waals surface area contributed by atoms with Gasteiger partial charge in [0.1, 0.15) is 0 Å². The topological polar surface area (TPSA) is 106 Å². The number of sulfonamides is 1. The van der Waals surface area contributed by atoms with E-state index in [1.54, 1.807) is 17.4 Å². The van der Waals surface area contributed by atoms with Crippen molar-refractivity contribution in [3.63, 3.8) is 0 Å². The quantitative estimate of drug-likeness (QED) is 0.635. The fourth-order valence-corrected chi connectivity index (χ4v) is 5.67. The number of thiophene rings is 1. The maximum Gasteiger partial charge on any atom is 0.323 e. The van der Waals surface area contributed by atoms with E-state index in [-0.39, 0.29) is 35.6 Å². The summed E-state index contributed by atoms with van der Waals surface area (Å²) in [6.07, 6.45) is 0. The fourth-order valence-electron chi connectivity index (χ4n) is 3.40. The Labute approximate surface area is 148 Å².